The summed E-state index contributed by atoms with van der Waals surface area (Å²) in [5.74, 6) is -0.703. The van der Waals surface area contributed by atoms with Crippen molar-refractivity contribution in [2.45, 2.75) is 30.4 Å². The first-order chi connectivity index (χ1) is 13.8. The summed E-state index contributed by atoms with van der Waals surface area (Å²) in [5.41, 5.74) is 2.19. The van der Waals surface area contributed by atoms with Crippen molar-refractivity contribution in [1.29, 1.82) is 0 Å². The number of benzene rings is 2. The number of sulfone groups is 1. The van der Waals surface area contributed by atoms with Gasteiger partial charge in [-0.2, -0.15) is 0 Å². The summed E-state index contributed by atoms with van der Waals surface area (Å²) in [5, 5.41) is 3.61. The largest absolute Gasteiger partial charge is 0.354 e. The molecule has 2 aromatic carbocycles. The quantitative estimate of drug-likeness (QED) is 0.565. The van der Waals surface area contributed by atoms with Crippen molar-refractivity contribution in [3.05, 3.63) is 87.4 Å². The maximum Gasteiger partial charge on any atom is 0.224 e. The minimum absolute atomic E-state index is 0.0442. The van der Waals surface area contributed by atoms with Crippen LogP contribution in [-0.2, 0) is 21.1 Å². The maximum absolute atomic E-state index is 13.6. The Hall–Kier alpha value is -2.51. The first-order valence-electron chi connectivity index (χ1n) is 9.13. The van der Waals surface area contributed by atoms with E-state index < -0.39 is 20.9 Å². The Morgan fingerprint density at radius 2 is 1.90 bits per heavy atom. The lowest BCUT2D eigenvalue weighted by molar-refractivity contribution is -0.120. The Balaban J connectivity index is 1.81. The fraction of sp³-hybridized carbons (Fsp3) is 0.227. The van der Waals surface area contributed by atoms with E-state index in [2.05, 4.69) is 5.32 Å². The molecule has 3 rings (SSSR count). The van der Waals surface area contributed by atoms with Gasteiger partial charge in [0.15, 0.2) is 9.84 Å². The van der Waals surface area contributed by atoms with Gasteiger partial charge >= 0.3 is 0 Å². The Morgan fingerprint density at radius 3 is 2.55 bits per heavy atom. The van der Waals surface area contributed by atoms with Crippen molar-refractivity contribution in [3.8, 4) is 0 Å². The van der Waals surface area contributed by atoms with Crippen LogP contribution in [0.5, 0.6) is 0 Å². The van der Waals surface area contributed by atoms with Crippen molar-refractivity contribution in [2.24, 2.45) is 0 Å². The maximum atomic E-state index is 13.6. The molecule has 1 aromatic heterocycles. The lowest BCUT2D eigenvalue weighted by Crippen LogP contribution is -2.32. The van der Waals surface area contributed by atoms with Crippen molar-refractivity contribution in [1.82, 2.24) is 5.32 Å². The zero-order chi connectivity index (χ0) is 21.0. The predicted molar refractivity (Wildman–Crippen MR) is 113 cm³/mol. The highest BCUT2D eigenvalue weighted by atomic mass is 32.2. The minimum Gasteiger partial charge on any atom is -0.354 e. The van der Waals surface area contributed by atoms with E-state index in [4.69, 9.17) is 0 Å². The summed E-state index contributed by atoms with van der Waals surface area (Å²) in [7, 11) is -3.81. The molecule has 0 unspecified atom stereocenters. The topological polar surface area (TPSA) is 63.2 Å². The molecule has 0 saturated carbocycles. The molecule has 1 N–H and O–H groups in total. The van der Waals surface area contributed by atoms with Crippen LogP contribution in [0.2, 0.25) is 0 Å². The minimum atomic E-state index is -3.81. The van der Waals surface area contributed by atoms with E-state index in [1.54, 1.807) is 17.5 Å². The van der Waals surface area contributed by atoms with E-state index in [0.717, 1.165) is 17.2 Å². The lowest BCUT2D eigenvalue weighted by Gasteiger charge is -2.18. The molecule has 29 heavy (non-hydrogen) atoms. The molecule has 4 nitrogen and oxygen atoms in total. The number of carbonyl (C=O) groups excluding carboxylic acids is 1. The number of hydrogen-bond donors (Lipinski definition) is 1. The summed E-state index contributed by atoms with van der Waals surface area (Å²) >= 11 is 1.31. The van der Waals surface area contributed by atoms with Gasteiger partial charge in [-0.3, -0.25) is 4.79 Å². The number of amides is 1. The van der Waals surface area contributed by atoms with Gasteiger partial charge in [0.25, 0.3) is 0 Å². The van der Waals surface area contributed by atoms with Gasteiger partial charge < -0.3 is 5.32 Å². The second-order valence-electron chi connectivity index (χ2n) is 6.93. The first-order valence-corrected chi connectivity index (χ1v) is 11.6. The van der Waals surface area contributed by atoms with Crippen LogP contribution in [0.4, 0.5) is 4.39 Å². The van der Waals surface area contributed by atoms with Crippen LogP contribution in [0, 0.1) is 19.7 Å². The van der Waals surface area contributed by atoms with Crippen molar-refractivity contribution in [2.75, 3.05) is 6.54 Å². The van der Waals surface area contributed by atoms with Crippen LogP contribution >= 0.6 is 11.3 Å². The summed E-state index contributed by atoms with van der Waals surface area (Å²) in [4.78, 5) is 13.1. The van der Waals surface area contributed by atoms with Crippen molar-refractivity contribution < 1.29 is 17.6 Å². The van der Waals surface area contributed by atoms with E-state index in [1.807, 2.05) is 31.2 Å². The van der Waals surface area contributed by atoms with Crippen molar-refractivity contribution in [3.63, 3.8) is 0 Å². The van der Waals surface area contributed by atoms with E-state index in [9.17, 15) is 17.6 Å². The third kappa shape index (κ3) is 5.10. The summed E-state index contributed by atoms with van der Waals surface area (Å²) in [6, 6.07) is 14.9. The fourth-order valence-corrected chi connectivity index (χ4v) is 5.94. The number of hydrogen-bond acceptors (Lipinski definition) is 4. The molecule has 1 heterocycles. The van der Waals surface area contributed by atoms with Crippen LogP contribution in [0.25, 0.3) is 0 Å². The normalized spacial score (nSPS) is 12.5. The second kappa shape index (κ2) is 8.88. The summed E-state index contributed by atoms with van der Waals surface area (Å²) in [6.45, 7) is 3.42. The highest BCUT2D eigenvalue weighted by molar-refractivity contribution is 7.91. The van der Waals surface area contributed by atoms with Gasteiger partial charge in [0.1, 0.15) is 11.1 Å². The van der Waals surface area contributed by atoms with Crippen LogP contribution in [-0.4, -0.2) is 20.9 Å². The molecule has 0 fully saturated rings. The fourth-order valence-electron chi connectivity index (χ4n) is 3.07. The summed E-state index contributed by atoms with van der Waals surface area (Å²) < 4.78 is 40.1. The zero-order valence-corrected chi connectivity index (χ0v) is 17.8. The molecule has 0 aliphatic heterocycles. The van der Waals surface area contributed by atoms with Gasteiger partial charge in [-0.15, -0.1) is 11.3 Å². The number of thiophene rings is 1. The second-order valence-corrected chi connectivity index (χ2v) is 10.0. The van der Waals surface area contributed by atoms with Gasteiger partial charge in [0.05, 0.1) is 11.3 Å². The average Bonchev–Trinajstić information content (AvgIpc) is 3.18. The molecule has 0 spiro atoms. The summed E-state index contributed by atoms with van der Waals surface area (Å²) in [6.07, 6.45) is 0.175. The van der Waals surface area contributed by atoms with Gasteiger partial charge in [0.2, 0.25) is 5.91 Å². The number of carbonyl (C=O) groups is 1. The number of rotatable bonds is 7. The van der Waals surface area contributed by atoms with E-state index in [0.29, 0.717) is 4.88 Å². The third-order valence-electron chi connectivity index (χ3n) is 4.62. The van der Waals surface area contributed by atoms with Crippen molar-refractivity contribution >= 4 is 27.1 Å². The number of nitrogens with one attached hydrogen (secondary N) is 1. The number of halogens is 1. The molecule has 3 aromatic rings. The molecule has 0 radical (unpaired) electrons. The zero-order valence-electron chi connectivity index (χ0n) is 16.2. The highest BCUT2D eigenvalue weighted by Crippen LogP contribution is 2.32. The molecule has 152 valence electrons. The molecule has 0 saturated heterocycles. The standard InChI is InChI=1S/C22H22FNO3S2/c1-15-5-3-6-17(11-15)13-22(25)24-14-21(20-7-4-10-28-20)29(26,27)18-8-9-19(23)16(2)12-18/h3-12,21H,13-14H2,1-2H3,(H,24,25)/t21-/m1/s1. The predicted octanol–water partition coefficient (Wildman–Crippen LogP) is 4.38. The Labute approximate surface area is 174 Å². The van der Waals surface area contributed by atoms with E-state index in [-0.39, 0.29) is 29.3 Å². The van der Waals surface area contributed by atoms with Crippen LogP contribution in [0.15, 0.2) is 64.9 Å². The monoisotopic (exact) mass is 431 g/mol. The Morgan fingerprint density at radius 1 is 1.10 bits per heavy atom. The SMILES string of the molecule is Cc1cccc(CC(=O)NC[C@H](c2cccs2)S(=O)(=O)c2ccc(F)c(C)c2)c1. The smallest absolute Gasteiger partial charge is 0.224 e. The molecule has 0 aliphatic rings. The molecular formula is C22H22FNO3S2. The molecule has 1 amide bonds. The van der Waals surface area contributed by atoms with Crippen LogP contribution in [0.3, 0.4) is 0 Å². The van der Waals surface area contributed by atoms with Crippen LogP contribution in [0.1, 0.15) is 26.8 Å². The van der Waals surface area contributed by atoms with Crippen LogP contribution < -0.4 is 5.32 Å². The highest BCUT2D eigenvalue weighted by Gasteiger charge is 2.30. The Kier molecular flexibility index (Phi) is 6.49. The molecule has 0 bridgehead atoms. The van der Waals surface area contributed by atoms with E-state index in [1.165, 1.54) is 30.4 Å². The first kappa shape index (κ1) is 21.2. The van der Waals surface area contributed by atoms with Gasteiger partial charge in [0, 0.05) is 11.4 Å². The average molecular weight is 432 g/mol. The molecular weight excluding hydrogens is 409 g/mol. The van der Waals surface area contributed by atoms with Gasteiger partial charge in [-0.25, -0.2) is 12.8 Å². The van der Waals surface area contributed by atoms with Gasteiger partial charge in [-0.1, -0.05) is 35.9 Å². The number of aryl methyl sites for hydroxylation is 2. The van der Waals surface area contributed by atoms with Gasteiger partial charge in [-0.05, 0) is 54.6 Å². The van der Waals surface area contributed by atoms with E-state index >= 15 is 0 Å². The molecule has 1 atom stereocenters. The molecule has 0 aliphatic carbocycles. The third-order valence-corrected chi connectivity index (χ3v) is 7.84. The Bertz CT molecular complexity index is 1110. The molecule has 7 heteroatoms. The lowest BCUT2D eigenvalue weighted by atomic mass is 10.1.